The molecule has 1 aromatic carbocycles. The first kappa shape index (κ1) is 15.1. The lowest BCUT2D eigenvalue weighted by Crippen LogP contribution is -2.27. The summed E-state index contributed by atoms with van der Waals surface area (Å²) in [4.78, 5) is 11.9. The minimum absolute atomic E-state index is 0.0818. The average molecular weight is 320 g/mol. The molecule has 0 bridgehead atoms. The van der Waals surface area contributed by atoms with Crippen LogP contribution in [0.25, 0.3) is 0 Å². The van der Waals surface area contributed by atoms with Crippen molar-refractivity contribution in [2.75, 3.05) is 6.54 Å². The van der Waals surface area contributed by atoms with Gasteiger partial charge in [-0.25, -0.2) is 8.78 Å². The number of halogens is 3. The van der Waals surface area contributed by atoms with E-state index in [4.69, 9.17) is 0 Å². The topological polar surface area (TPSA) is 29.1 Å². The highest BCUT2D eigenvalue weighted by Gasteiger charge is 2.11. The lowest BCUT2D eigenvalue weighted by Gasteiger charge is -2.08. The van der Waals surface area contributed by atoms with Gasteiger partial charge in [0.25, 0.3) is 0 Å². The van der Waals surface area contributed by atoms with Crippen molar-refractivity contribution in [3.05, 3.63) is 35.4 Å². The molecule has 0 aliphatic carbocycles. The number of hydrogen-bond donors (Lipinski definition) is 1. The van der Waals surface area contributed by atoms with Gasteiger partial charge < -0.3 is 5.32 Å². The zero-order chi connectivity index (χ0) is 13.5. The second kappa shape index (κ2) is 7.46. The second-order valence-corrected chi connectivity index (χ2v) is 5.33. The molecule has 5 heteroatoms. The third-order valence-corrected chi connectivity index (χ3v) is 3.71. The van der Waals surface area contributed by atoms with Gasteiger partial charge >= 0.3 is 0 Å². The summed E-state index contributed by atoms with van der Waals surface area (Å²) in [5.41, 5.74) is 0.0818. The van der Waals surface area contributed by atoms with E-state index in [1.54, 1.807) is 0 Å². The monoisotopic (exact) mass is 319 g/mol. The van der Waals surface area contributed by atoms with Crippen LogP contribution in [-0.4, -0.2) is 17.3 Å². The van der Waals surface area contributed by atoms with Crippen molar-refractivity contribution in [2.45, 2.75) is 31.0 Å². The molecule has 1 aromatic rings. The number of carbonyl (C=O) groups excluding carboxylic acids is 1. The highest BCUT2D eigenvalue weighted by Crippen LogP contribution is 2.12. The molecule has 2 nitrogen and oxygen atoms in total. The van der Waals surface area contributed by atoms with Crippen molar-refractivity contribution in [1.82, 2.24) is 5.32 Å². The van der Waals surface area contributed by atoms with Crippen LogP contribution in [-0.2, 0) is 11.2 Å². The lowest BCUT2D eigenvalue weighted by molar-refractivity contribution is -0.120. The minimum atomic E-state index is -0.945. The Kier molecular flexibility index (Phi) is 6.25. The molecule has 0 saturated carbocycles. The maximum Gasteiger partial charge on any atom is 0.224 e. The minimum Gasteiger partial charge on any atom is -0.356 e. The molecule has 0 radical (unpaired) electrons. The van der Waals surface area contributed by atoms with Crippen LogP contribution in [0.1, 0.15) is 25.3 Å². The first-order valence-electron chi connectivity index (χ1n) is 5.88. The molecule has 0 aliphatic rings. The van der Waals surface area contributed by atoms with E-state index < -0.39 is 11.6 Å². The summed E-state index contributed by atoms with van der Waals surface area (Å²) in [6, 6.07) is 3.84. The van der Waals surface area contributed by atoms with E-state index in [9.17, 15) is 13.6 Å². The van der Waals surface area contributed by atoms with Crippen molar-refractivity contribution in [1.29, 1.82) is 0 Å². The Morgan fingerprint density at radius 3 is 2.83 bits per heavy atom. The lowest BCUT2D eigenvalue weighted by atomic mass is 10.1. The number of carbonyl (C=O) groups is 1. The molecule has 1 rings (SSSR count). The van der Waals surface area contributed by atoms with Gasteiger partial charge in [-0.15, -0.1) is 0 Å². The Morgan fingerprint density at radius 2 is 2.17 bits per heavy atom. The van der Waals surface area contributed by atoms with Gasteiger partial charge in [-0.1, -0.05) is 35.0 Å². The van der Waals surface area contributed by atoms with Crippen molar-refractivity contribution in [2.24, 2.45) is 0 Å². The largest absolute Gasteiger partial charge is 0.356 e. The van der Waals surface area contributed by atoms with E-state index in [1.165, 1.54) is 12.1 Å². The summed E-state index contributed by atoms with van der Waals surface area (Å²) in [6.45, 7) is 2.57. The molecule has 0 heterocycles. The maximum absolute atomic E-state index is 13.3. The van der Waals surface area contributed by atoms with Gasteiger partial charge in [0.05, 0.1) is 6.42 Å². The van der Waals surface area contributed by atoms with Crippen LogP contribution in [0, 0.1) is 11.6 Å². The molecule has 0 aliphatic heterocycles. The quantitative estimate of drug-likeness (QED) is 0.802. The van der Waals surface area contributed by atoms with Gasteiger partial charge in [-0.3, -0.25) is 4.79 Å². The summed E-state index contributed by atoms with van der Waals surface area (Å²) >= 11 is 3.45. The number of nitrogens with one attached hydrogen (secondary N) is 1. The van der Waals surface area contributed by atoms with E-state index in [-0.39, 0.29) is 17.9 Å². The van der Waals surface area contributed by atoms with Gasteiger partial charge in [0, 0.05) is 16.9 Å². The molecule has 1 N–H and O–H groups in total. The van der Waals surface area contributed by atoms with Crippen LogP contribution < -0.4 is 5.32 Å². The van der Waals surface area contributed by atoms with Crippen molar-refractivity contribution in [3.8, 4) is 0 Å². The summed E-state index contributed by atoms with van der Waals surface area (Å²) in [5.74, 6) is -2.17. The zero-order valence-electron chi connectivity index (χ0n) is 10.2. The number of benzene rings is 1. The van der Waals surface area contributed by atoms with Crippen LogP contribution in [0.15, 0.2) is 18.2 Å². The fraction of sp³-hybridized carbons (Fsp3) is 0.462. The first-order valence-corrected chi connectivity index (χ1v) is 6.79. The van der Waals surface area contributed by atoms with Gasteiger partial charge in [0.1, 0.15) is 0 Å². The molecule has 0 saturated heterocycles. The van der Waals surface area contributed by atoms with Gasteiger partial charge in [0.2, 0.25) is 5.91 Å². The third kappa shape index (κ3) is 4.72. The third-order valence-electron chi connectivity index (χ3n) is 2.61. The summed E-state index contributed by atoms with van der Waals surface area (Å²) < 4.78 is 26.2. The maximum atomic E-state index is 13.3. The molecule has 1 amide bonds. The smallest absolute Gasteiger partial charge is 0.224 e. The van der Waals surface area contributed by atoms with Crippen LogP contribution in [0.4, 0.5) is 8.78 Å². The zero-order valence-corrected chi connectivity index (χ0v) is 11.8. The average Bonchev–Trinajstić information content (AvgIpc) is 2.34. The molecule has 18 heavy (non-hydrogen) atoms. The molecular formula is C13H16BrF2NO. The number of hydrogen-bond acceptors (Lipinski definition) is 1. The number of rotatable bonds is 6. The van der Waals surface area contributed by atoms with E-state index >= 15 is 0 Å². The van der Waals surface area contributed by atoms with Gasteiger partial charge in [-0.2, -0.15) is 0 Å². The SMILES string of the molecule is CCC(Br)CCNC(=O)Cc1cccc(F)c1F. The van der Waals surface area contributed by atoms with Gasteiger partial charge in [-0.05, 0) is 18.9 Å². The molecular weight excluding hydrogens is 304 g/mol. The van der Waals surface area contributed by atoms with Crippen molar-refractivity contribution in [3.63, 3.8) is 0 Å². The van der Waals surface area contributed by atoms with Crippen LogP contribution in [0.3, 0.4) is 0 Å². The Hall–Kier alpha value is -0.970. The second-order valence-electron chi connectivity index (χ2n) is 4.03. The normalized spacial score (nSPS) is 12.2. The predicted octanol–water partition coefficient (Wildman–Crippen LogP) is 3.19. The van der Waals surface area contributed by atoms with E-state index in [0.29, 0.717) is 11.4 Å². The van der Waals surface area contributed by atoms with E-state index in [0.717, 1.165) is 18.9 Å². The fourth-order valence-corrected chi connectivity index (χ4v) is 1.72. The van der Waals surface area contributed by atoms with E-state index in [1.807, 2.05) is 6.92 Å². The fourth-order valence-electron chi connectivity index (χ4n) is 1.49. The molecule has 100 valence electrons. The summed E-state index contributed by atoms with van der Waals surface area (Å²) in [5, 5.41) is 2.68. The van der Waals surface area contributed by atoms with Crippen LogP contribution in [0.5, 0.6) is 0 Å². The Morgan fingerprint density at radius 1 is 1.44 bits per heavy atom. The van der Waals surface area contributed by atoms with Crippen LogP contribution >= 0.6 is 15.9 Å². The standard InChI is InChI=1S/C13H16BrF2NO/c1-2-10(14)6-7-17-12(18)8-9-4-3-5-11(15)13(9)16/h3-5,10H,2,6-8H2,1H3,(H,17,18). The molecule has 0 spiro atoms. The van der Waals surface area contributed by atoms with Crippen molar-refractivity contribution >= 4 is 21.8 Å². The highest BCUT2D eigenvalue weighted by molar-refractivity contribution is 9.09. The number of alkyl halides is 1. The first-order chi connectivity index (χ1) is 8.54. The molecule has 1 atom stereocenters. The Balaban J connectivity index is 2.43. The van der Waals surface area contributed by atoms with Crippen molar-refractivity contribution < 1.29 is 13.6 Å². The Bertz CT molecular complexity index is 412. The Labute approximate surface area is 114 Å². The predicted molar refractivity (Wildman–Crippen MR) is 70.7 cm³/mol. The summed E-state index contributed by atoms with van der Waals surface area (Å²) in [6.07, 6.45) is 1.66. The van der Waals surface area contributed by atoms with E-state index in [2.05, 4.69) is 21.2 Å². The van der Waals surface area contributed by atoms with Gasteiger partial charge in [0.15, 0.2) is 11.6 Å². The molecule has 0 aromatic heterocycles. The van der Waals surface area contributed by atoms with Crippen LogP contribution in [0.2, 0.25) is 0 Å². The molecule has 1 unspecified atom stereocenters. The highest BCUT2D eigenvalue weighted by atomic mass is 79.9. The summed E-state index contributed by atoms with van der Waals surface area (Å²) in [7, 11) is 0. The number of amides is 1. The molecule has 0 fully saturated rings.